The highest BCUT2D eigenvalue weighted by molar-refractivity contribution is 6.31. The minimum absolute atomic E-state index is 0.723. The smallest absolute Gasteiger partial charge is 0.0444 e. The molecule has 0 aromatic rings. The summed E-state index contributed by atoms with van der Waals surface area (Å²) in [5.74, 6) is 1.55. The maximum atomic E-state index is 6.09. The molecule has 1 saturated heterocycles. The Balaban J connectivity index is 2.65. The zero-order valence-corrected chi connectivity index (χ0v) is 11.1. The number of halogens is 1. The third-order valence-corrected chi connectivity index (χ3v) is 3.47. The van der Waals surface area contributed by atoms with Crippen LogP contribution in [-0.2, 0) is 0 Å². The number of hydrogen-bond donors (Lipinski definition) is 0. The van der Waals surface area contributed by atoms with Crippen molar-refractivity contribution in [3.05, 3.63) is 35.9 Å². The number of piperidine rings is 1. The molecule has 16 heavy (non-hydrogen) atoms. The molecule has 0 saturated carbocycles. The molecule has 2 atom stereocenters. The molecule has 0 N–H and O–H groups in total. The molecule has 0 aromatic heterocycles. The first-order chi connectivity index (χ1) is 7.56. The molecule has 90 valence electrons. The largest absolute Gasteiger partial charge is 0.299 e. The Bertz CT molecular complexity index is 283. The van der Waals surface area contributed by atoms with Gasteiger partial charge in [0.15, 0.2) is 0 Å². The van der Waals surface area contributed by atoms with Gasteiger partial charge in [-0.15, -0.1) is 0 Å². The molecule has 0 spiro atoms. The van der Waals surface area contributed by atoms with Gasteiger partial charge in [0, 0.05) is 24.7 Å². The van der Waals surface area contributed by atoms with Gasteiger partial charge in [0.1, 0.15) is 0 Å². The van der Waals surface area contributed by atoms with E-state index in [0.29, 0.717) is 0 Å². The lowest BCUT2D eigenvalue weighted by molar-refractivity contribution is 0.153. The van der Waals surface area contributed by atoms with Crippen LogP contribution in [0.2, 0.25) is 0 Å². The first-order valence-corrected chi connectivity index (χ1v) is 6.30. The predicted octanol–water partition coefficient (Wildman–Crippen LogP) is 3.83. The predicted molar refractivity (Wildman–Crippen MR) is 72.7 cm³/mol. The van der Waals surface area contributed by atoms with Gasteiger partial charge in [0.05, 0.1) is 0 Å². The SMILES string of the molecule is C=C/C(Cl)=C(\C=C)CN1CC(C)CC(C)C1. The second-order valence-corrected chi connectivity index (χ2v) is 5.33. The molecule has 2 heteroatoms. The normalized spacial score (nSPS) is 28.4. The topological polar surface area (TPSA) is 3.24 Å². The summed E-state index contributed by atoms with van der Waals surface area (Å²) in [7, 11) is 0. The van der Waals surface area contributed by atoms with E-state index in [0.717, 1.165) is 42.1 Å². The van der Waals surface area contributed by atoms with Crippen molar-refractivity contribution in [1.29, 1.82) is 0 Å². The minimum Gasteiger partial charge on any atom is -0.299 e. The molecule has 0 radical (unpaired) electrons. The molecular formula is C14H22ClN. The number of hydrogen-bond acceptors (Lipinski definition) is 1. The Morgan fingerprint density at radius 2 is 1.81 bits per heavy atom. The zero-order valence-electron chi connectivity index (χ0n) is 10.4. The van der Waals surface area contributed by atoms with Gasteiger partial charge in [-0.3, -0.25) is 4.90 Å². The van der Waals surface area contributed by atoms with Crippen molar-refractivity contribution in [2.24, 2.45) is 11.8 Å². The van der Waals surface area contributed by atoms with Crippen molar-refractivity contribution in [3.8, 4) is 0 Å². The van der Waals surface area contributed by atoms with Gasteiger partial charge < -0.3 is 0 Å². The lowest BCUT2D eigenvalue weighted by Gasteiger charge is -2.35. The average Bonchev–Trinajstić information content (AvgIpc) is 2.23. The molecule has 0 bridgehead atoms. The van der Waals surface area contributed by atoms with Crippen LogP contribution in [-0.4, -0.2) is 24.5 Å². The average molecular weight is 240 g/mol. The molecule has 2 unspecified atom stereocenters. The van der Waals surface area contributed by atoms with Crippen LogP contribution in [0, 0.1) is 11.8 Å². The van der Waals surface area contributed by atoms with Gasteiger partial charge in [0.2, 0.25) is 0 Å². The van der Waals surface area contributed by atoms with Crippen LogP contribution in [0.3, 0.4) is 0 Å². The van der Waals surface area contributed by atoms with Crippen LogP contribution in [0.4, 0.5) is 0 Å². The van der Waals surface area contributed by atoms with E-state index in [9.17, 15) is 0 Å². The Kier molecular flexibility index (Phi) is 5.30. The highest BCUT2D eigenvalue weighted by Crippen LogP contribution is 2.23. The Morgan fingerprint density at radius 1 is 1.25 bits per heavy atom. The summed E-state index contributed by atoms with van der Waals surface area (Å²) in [5, 5.41) is 0.723. The summed E-state index contributed by atoms with van der Waals surface area (Å²) in [6.45, 7) is 15.3. The quantitative estimate of drug-likeness (QED) is 0.674. The van der Waals surface area contributed by atoms with Gasteiger partial charge in [-0.2, -0.15) is 0 Å². The third-order valence-electron chi connectivity index (χ3n) is 3.07. The highest BCUT2D eigenvalue weighted by Gasteiger charge is 2.22. The Hall–Kier alpha value is -0.530. The van der Waals surface area contributed by atoms with Crippen LogP contribution in [0.15, 0.2) is 35.9 Å². The fourth-order valence-corrected chi connectivity index (χ4v) is 2.67. The number of nitrogens with zero attached hydrogens (tertiary/aromatic N) is 1. The Morgan fingerprint density at radius 3 is 2.25 bits per heavy atom. The highest BCUT2D eigenvalue weighted by atomic mass is 35.5. The lowest BCUT2D eigenvalue weighted by Crippen LogP contribution is -2.39. The van der Waals surface area contributed by atoms with Crippen LogP contribution < -0.4 is 0 Å². The van der Waals surface area contributed by atoms with Crippen molar-refractivity contribution >= 4 is 11.6 Å². The minimum atomic E-state index is 0.723. The van der Waals surface area contributed by atoms with Crippen LogP contribution >= 0.6 is 11.6 Å². The van der Waals surface area contributed by atoms with Gasteiger partial charge >= 0.3 is 0 Å². The maximum absolute atomic E-state index is 6.09. The van der Waals surface area contributed by atoms with E-state index >= 15 is 0 Å². The molecular weight excluding hydrogens is 218 g/mol. The van der Waals surface area contributed by atoms with E-state index in [-0.39, 0.29) is 0 Å². The standard InChI is InChI=1S/C14H22ClN/c1-5-13(14(15)6-2)10-16-8-11(3)7-12(4)9-16/h5-6,11-12H,1-2,7-10H2,3-4H3/b14-13-. The first kappa shape index (κ1) is 13.5. The van der Waals surface area contributed by atoms with E-state index in [2.05, 4.69) is 31.9 Å². The van der Waals surface area contributed by atoms with Crippen LogP contribution in [0.1, 0.15) is 20.3 Å². The monoisotopic (exact) mass is 239 g/mol. The molecule has 0 aliphatic carbocycles. The fourth-order valence-electron chi connectivity index (χ4n) is 2.53. The van der Waals surface area contributed by atoms with Gasteiger partial charge in [-0.1, -0.05) is 50.8 Å². The van der Waals surface area contributed by atoms with E-state index in [1.807, 2.05) is 6.08 Å². The van der Waals surface area contributed by atoms with Crippen LogP contribution in [0.5, 0.6) is 0 Å². The summed E-state index contributed by atoms with van der Waals surface area (Å²) < 4.78 is 0. The zero-order chi connectivity index (χ0) is 12.1. The fraction of sp³-hybridized carbons (Fsp3) is 0.571. The molecule has 1 aliphatic heterocycles. The van der Waals surface area contributed by atoms with Gasteiger partial charge in [0.25, 0.3) is 0 Å². The van der Waals surface area contributed by atoms with Crippen molar-refractivity contribution in [2.45, 2.75) is 20.3 Å². The molecule has 1 fully saturated rings. The lowest BCUT2D eigenvalue weighted by atomic mass is 9.91. The van der Waals surface area contributed by atoms with Crippen molar-refractivity contribution < 1.29 is 0 Å². The van der Waals surface area contributed by atoms with Crippen molar-refractivity contribution in [1.82, 2.24) is 4.90 Å². The summed E-state index contributed by atoms with van der Waals surface area (Å²) in [4.78, 5) is 2.46. The number of allylic oxidation sites excluding steroid dienone is 2. The maximum Gasteiger partial charge on any atom is 0.0444 e. The Labute approximate surface area is 104 Å². The summed E-state index contributed by atoms with van der Waals surface area (Å²) in [6, 6.07) is 0. The summed E-state index contributed by atoms with van der Waals surface area (Å²) in [6.07, 6.45) is 4.86. The van der Waals surface area contributed by atoms with E-state index in [1.165, 1.54) is 6.42 Å². The number of likely N-dealkylation sites (tertiary alicyclic amines) is 1. The van der Waals surface area contributed by atoms with Crippen LogP contribution in [0.25, 0.3) is 0 Å². The first-order valence-electron chi connectivity index (χ1n) is 5.92. The van der Waals surface area contributed by atoms with Gasteiger partial charge in [-0.05, 0) is 23.8 Å². The van der Waals surface area contributed by atoms with E-state index in [4.69, 9.17) is 11.6 Å². The second kappa shape index (κ2) is 6.27. The summed E-state index contributed by atoms with van der Waals surface area (Å²) in [5.41, 5.74) is 1.08. The molecule has 0 aromatic carbocycles. The molecule has 1 nitrogen and oxygen atoms in total. The molecule has 1 rings (SSSR count). The third kappa shape index (κ3) is 3.80. The van der Waals surface area contributed by atoms with E-state index < -0.39 is 0 Å². The van der Waals surface area contributed by atoms with Crippen molar-refractivity contribution in [3.63, 3.8) is 0 Å². The number of rotatable bonds is 4. The molecule has 0 amide bonds. The second-order valence-electron chi connectivity index (χ2n) is 4.92. The molecule has 1 aliphatic rings. The van der Waals surface area contributed by atoms with Gasteiger partial charge in [-0.25, -0.2) is 0 Å². The van der Waals surface area contributed by atoms with Crippen molar-refractivity contribution in [2.75, 3.05) is 19.6 Å². The molecule has 1 heterocycles. The van der Waals surface area contributed by atoms with E-state index in [1.54, 1.807) is 6.08 Å². The summed E-state index contributed by atoms with van der Waals surface area (Å²) >= 11 is 6.09.